The van der Waals surface area contributed by atoms with E-state index in [1.54, 1.807) is 0 Å². The molecule has 0 bridgehead atoms. The van der Waals surface area contributed by atoms with Crippen molar-refractivity contribution < 1.29 is 251 Å². The first-order valence-corrected chi connectivity index (χ1v) is 43.4. The molecule has 10 fully saturated rings. The zero-order valence-corrected chi connectivity index (χ0v) is 74.3. The number of carboxylic acid groups (broad SMARTS) is 1. The van der Waals surface area contributed by atoms with Crippen LogP contribution in [0.2, 0.25) is 0 Å². The van der Waals surface area contributed by atoms with Gasteiger partial charge in [0.25, 0.3) is 11.8 Å². The number of methoxy groups -OCH3 is 2. The molecule has 0 aromatic rings. The molecule has 0 aromatic heterocycles. The summed E-state index contributed by atoms with van der Waals surface area (Å²) in [4.78, 5) is 133. The largest absolute Gasteiger partial charge is 0.479 e. The fraction of sp³-hybridized carbons (Fsp3) is 0.868. The number of hydrazine groups is 2. The van der Waals surface area contributed by atoms with Gasteiger partial charge in [-0.1, -0.05) is 13.8 Å². The Kier molecular flexibility index (Phi) is 40.2. The van der Waals surface area contributed by atoms with Crippen LogP contribution >= 0.6 is 0 Å². The number of carboxylic acids is 1. The Morgan fingerprint density at radius 2 is 0.628 bits per heavy atom. The molecule has 10 aliphatic rings. The maximum atomic E-state index is 14.7. The Morgan fingerprint density at radius 3 is 0.949 bits per heavy atom. The number of nitrogens with one attached hydrogen (secondary N) is 10. The highest BCUT2D eigenvalue weighted by Gasteiger charge is 2.62. The summed E-state index contributed by atoms with van der Waals surface area (Å²) in [7, 11) is 2.18. The van der Waals surface area contributed by atoms with Gasteiger partial charge in [-0.05, 0) is 18.8 Å². The minimum Gasteiger partial charge on any atom is -0.479 e. The van der Waals surface area contributed by atoms with Gasteiger partial charge in [0, 0.05) is 66.8 Å². The number of amides is 10. The molecule has 0 spiro atoms. The van der Waals surface area contributed by atoms with Crippen LogP contribution < -0.4 is 53.6 Å². The molecule has 1 saturated carbocycles. The molecule has 33 N–H and O–H groups in total. The fourth-order valence-electron chi connectivity index (χ4n) is 17.5. The highest BCUT2D eigenvalue weighted by atomic mass is 16.8. The Labute approximate surface area is 775 Å². The van der Waals surface area contributed by atoms with E-state index < -0.39 is 399 Å². The first-order chi connectivity index (χ1) is 64.7. The summed E-state index contributed by atoms with van der Waals surface area (Å²) in [5, 5.41) is 271. The molecule has 20 unspecified atom stereocenters. The number of aliphatic carboxylic acids is 1. The maximum absolute atomic E-state index is 14.7. The van der Waals surface area contributed by atoms with Crippen molar-refractivity contribution in [3.05, 3.63) is 0 Å². The average Bonchev–Trinajstić information content (AvgIpc) is 0.761. The molecule has 0 aromatic carbocycles. The molecule has 0 radical (unpaired) electrons. The zero-order chi connectivity index (χ0) is 101. The number of aliphatic hydroxyl groups is 22. The van der Waals surface area contributed by atoms with Gasteiger partial charge in [-0.3, -0.25) is 39.6 Å². The second-order valence-corrected chi connectivity index (χ2v) is 34.2. The van der Waals surface area contributed by atoms with Gasteiger partial charge in [-0.15, -0.1) is 0 Å². The van der Waals surface area contributed by atoms with Crippen molar-refractivity contribution in [1.82, 2.24) is 53.6 Å². The lowest BCUT2D eigenvalue weighted by Crippen LogP contribution is -2.71. The maximum Gasteiger partial charge on any atom is 0.333 e. The first kappa shape index (κ1) is 112. The molecule has 10 amide bonds. The molecule has 50 atom stereocenters. The standard InChI is InChI=1S/C76H124N10O51/c1-9-24-37(97)49(109)72(129-54(24)65(116)117)132-58-35(82-22(6)95)69(128-31(17-91)44(58)104)134-60-48(108)53(113)74(131-57-33(80-20(4)93)67(121-8)126-29(15-89)43(57)103)136-62(60)64(115)84-86-76(119)78-12-27-40(100)46(106)51(111)71(124-27)137-70-50(110)45(105)39(99)26(123-70)11-77-75(118)85-83-63(114)61-59(47(107)52(112)73(135-61)130-56-32(79-19(3)92)66(120-7)125-28(14-88)42(56)102)133-68-34(81-21(5)94)55(41(101)30(16-90)127-68)122-25-10-23(13-87)18(2)36(96)38(25)98/h13,18,23-62,66-74,88-91,96-113H,9-12,14-17H2,1-8H3,(H,79,92)(H,80,93)(H,81,94)(H,82,95)(H,83,114)(H,84,115)(H,116,117)(H2,77,85,118)(H2,78,86,119)/t18-,23?,24+,25-,26?,27?,28?,29?,30?,31?,32?,33?,34?,35?,36+,37+,38?,39-,40-,41-,42-,43-,44-,45+,46+,47-,48-,49?,50?,51?,52?,53?,54?,55-,56-,57-,58-,59+,60+,61?,62?,66-,67-,68+,69+,70-,71-,72+,73-,74-/m1/s1. The molecular weight excluding hydrogens is 1870 g/mol. The van der Waals surface area contributed by atoms with Crippen LogP contribution in [-0.2, 0) is 124 Å². The molecule has 1 aliphatic carbocycles. The summed E-state index contributed by atoms with van der Waals surface area (Å²) in [5.74, 6) is -11.3. The van der Waals surface area contributed by atoms with Gasteiger partial charge in [-0.2, -0.15) is 0 Å². The zero-order valence-electron chi connectivity index (χ0n) is 74.3. The van der Waals surface area contributed by atoms with Crippen molar-refractivity contribution in [1.29, 1.82) is 0 Å². The third-order valence-electron chi connectivity index (χ3n) is 25.0. The lowest BCUT2D eigenvalue weighted by atomic mass is 9.76. The molecule has 9 heterocycles. The highest BCUT2D eigenvalue weighted by Crippen LogP contribution is 2.41. The van der Waals surface area contributed by atoms with Gasteiger partial charge < -0.3 is 239 Å². The van der Waals surface area contributed by atoms with Crippen LogP contribution in [0.3, 0.4) is 0 Å². The minimum absolute atomic E-state index is 0.0637. The van der Waals surface area contributed by atoms with Gasteiger partial charge in [0.05, 0.1) is 44.7 Å². The van der Waals surface area contributed by atoms with E-state index in [0.717, 1.165) is 41.9 Å². The van der Waals surface area contributed by atoms with Crippen LogP contribution in [0.15, 0.2) is 0 Å². The Morgan fingerprint density at radius 1 is 0.328 bits per heavy atom. The minimum atomic E-state index is -2.55. The number of ether oxygens (including phenoxy) is 18. The fourth-order valence-corrected chi connectivity index (χ4v) is 17.5. The summed E-state index contributed by atoms with van der Waals surface area (Å²) in [6, 6.07) is -9.90. The smallest absolute Gasteiger partial charge is 0.333 e. The van der Waals surface area contributed by atoms with Crippen molar-refractivity contribution in [2.24, 2.45) is 17.8 Å². The summed E-state index contributed by atoms with van der Waals surface area (Å²) < 4.78 is 104. The number of rotatable bonds is 33. The van der Waals surface area contributed by atoms with E-state index in [1.165, 1.54) is 13.8 Å². The molecule has 61 heteroatoms. The first-order valence-electron chi connectivity index (χ1n) is 43.4. The van der Waals surface area contributed by atoms with Crippen LogP contribution in [0.1, 0.15) is 54.4 Å². The van der Waals surface area contributed by atoms with Gasteiger partial charge in [0.2, 0.25) is 23.6 Å². The SMILES string of the molecule is CC[C@@H]1C(C(=O)O)O[C@@H](O[C@@H]2C(NC(C)=O)[C@H](O[C@@H]3C(C(=O)NNC(=O)NCC4O[C@H](O[C@H]5OC(CNC(=O)NNC(=O)C6O[C@@H](O[C@@H]7C(NC(C)=O)[C@H](OC)OC(CO)[C@H]7O)C(O)[C@@H](O)[C@@H]6O[C@@H]6OC(CO)[C@@H](O)[C@H](O[C@@H]7CC(C=O)[C@@H](C)[C@H](O)C7O)C6NC(C)=O)[C@@H](O)[C@H](O)C5O)C(O)[C@@H](O)[C@@H]4O)O[C@@H](O[C@@H]4C(NC(C)=O)[C@H](OC)OC(CO)[C@H]4O)C(O)[C@H]3O)OC(CO)[C@H]2O)C(O)[C@H]1O. The van der Waals surface area contributed by atoms with Crippen LogP contribution in [0.25, 0.3) is 0 Å². The number of hydrogen-bond acceptors (Lipinski definition) is 50. The van der Waals surface area contributed by atoms with Crippen LogP contribution in [0.4, 0.5) is 9.59 Å². The molecular formula is C76H124N10O51. The van der Waals surface area contributed by atoms with Crippen molar-refractivity contribution >= 4 is 59.8 Å². The Bertz CT molecular complexity index is 3960. The van der Waals surface area contributed by atoms with Crippen LogP contribution in [0, 0.1) is 17.8 Å². The number of urea groups is 2. The Hall–Kier alpha value is -7.10. The van der Waals surface area contributed by atoms with Crippen LogP contribution in [0.5, 0.6) is 0 Å². The van der Waals surface area contributed by atoms with Crippen molar-refractivity contribution in [3.63, 3.8) is 0 Å². The monoisotopic (exact) mass is 1990 g/mol. The summed E-state index contributed by atoms with van der Waals surface area (Å²) in [5.41, 5.74) is 7.58. The van der Waals surface area contributed by atoms with Crippen molar-refractivity contribution in [2.75, 3.05) is 53.7 Å². The predicted molar refractivity (Wildman–Crippen MR) is 427 cm³/mol. The van der Waals surface area contributed by atoms with E-state index in [4.69, 9.17) is 85.3 Å². The lowest BCUT2D eigenvalue weighted by Gasteiger charge is -2.50. The van der Waals surface area contributed by atoms with Crippen molar-refractivity contribution in [2.45, 2.75) is 343 Å². The second-order valence-electron chi connectivity index (χ2n) is 34.2. The van der Waals surface area contributed by atoms with Gasteiger partial charge in [-0.25, -0.2) is 25.2 Å². The normalized spacial score (nSPS) is 45.2. The number of carbonyl (C=O) groups excluding carboxylic acids is 9. The van der Waals surface area contributed by atoms with Gasteiger partial charge in [0.1, 0.15) is 201 Å². The number of aldehydes is 1. The molecule has 61 nitrogen and oxygen atoms in total. The van der Waals surface area contributed by atoms with E-state index in [2.05, 4.69) is 31.9 Å². The van der Waals surface area contributed by atoms with E-state index in [-0.39, 0.29) is 12.8 Å². The summed E-state index contributed by atoms with van der Waals surface area (Å²) >= 11 is 0. The quantitative estimate of drug-likeness (QED) is 0.0214. The van der Waals surface area contributed by atoms with E-state index in [0.29, 0.717) is 6.29 Å². The predicted octanol–water partition coefficient (Wildman–Crippen LogP) is -20.4. The Balaban J connectivity index is 0.826. The highest BCUT2D eigenvalue weighted by molar-refractivity contribution is 5.86. The van der Waals surface area contributed by atoms with E-state index in [1.807, 2.05) is 21.7 Å². The summed E-state index contributed by atoms with van der Waals surface area (Å²) in [6.07, 6.45) is -89.3. The molecule has 9 aliphatic heterocycles. The van der Waals surface area contributed by atoms with Gasteiger partial charge >= 0.3 is 18.0 Å². The number of hydrogen-bond donors (Lipinski definition) is 33. The van der Waals surface area contributed by atoms with E-state index >= 15 is 0 Å². The second kappa shape index (κ2) is 49.3. The number of aliphatic hydroxyl groups excluding tert-OH is 22. The average molecular weight is 1990 g/mol. The molecule has 784 valence electrons. The van der Waals surface area contributed by atoms with Crippen LogP contribution in [-0.4, -0.2) is 519 Å². The third-order valence-corrected chi connectivity index (χ3v) is 25.0. The van der Waals surface area contributed by atoms with E-state index in [9.17, 15) is 165 Å². The molecule has 9 saturated heterocycles. The number of carbonyl (C=O) groups is 10. The van der Waals surface area contributed by atoms with Crippen molar-refractivity contribution in [3.8, 4) is 0 Å². The molecule has 137 heavy (non-hydrogen) atoms. The van der Waals surface area contributed by atoms with Gasteiger partial charge in [0.15, 0.2) is 74.9 Å². The lowest BCUT2D eigenvalue weighted by molar-refractivity contribution is -0.372. The third kappa shape index (κ3) is 25.6. The topological polar surface area (TPSA) is 922 Å². The summed E-state index contributed by atoms with van der Waals surface area (Å²) in [6.45, 7) is 0.793. The molecule has 10 rings (SSSR count).